The molecular weight excluding hydrogens is 698 g/mol. The molecule has 3 heteroatoms. The summed E-state index contributed by atoms with van der Waals surface area (Å²) >= 11 is 0. The topological polar surface area (TPSA) is 16.4 Å². The fraction of sp³-hybridized carbons (Fsp3) is 0. The van der Waals surface area contributed by atoms with Gasteiger partial charge in [0.05, 0.1) is 0 Å². The average molecular weight is 732 g/mol. The fourth-order valence-corrected chi connectivity index (χ4v) is 8.66. The Kier molecular flexibility index (Phi) is 7.71. The van der Waals surface area contributed by atoms with Crippen LogP contribution in [0.25, 0.3) is 87.6 Å². The van der Waals surface area contributed by atoms with E-state index >= 15 is 4.39 Å². The van der Waals surface area contributed by atoms with Crippen LogP contribution in [0.4, 0.5) is 21.5 Å². The van der Waals surface area contributed by atoms with Crippen molar-refractivity contribution in [1.82, 2.24) is 0 Å². The van der Waals surface area contributed by atoms with Gasteiger partial charge in [-0.25, -0.2) is 4.39 Å². The van der Waals surface area contributed by atoms with Crippen molar-refractivity contribution in [3.05, 3.63) is 212 Å². The van der Waals surface area contributed by atoms with Gasteiger partial charge in [0.15, 0.2) is 0 Å². The van der Waals surface area contributed by atoms with Gasteiger partial charge in [0, 0.05) is 39.5 Å². The third-order valence-electron chi connectivity index (χ3n) is 11.3. The maximum Gasteiger partial charge on any atom is 0.137 e. The lowest BCUT2D eigenvalue weighted by atomic mass is 9.91. The van der Waals surface area contributed by atoms with E-state index in [1.165, 1.54) is 33.2 Å². The number of nitrogens with zero attached hydrogens (tertiary/aromatic N) is 1. The molecule has 0 radical (unpaired) electrons. The molecule has 0 unspecified atom stereocenters. The van der Waals surface area contributed by atoms with E-state index in [0.717, 1.165) is 72.0 Å². The first kappa shape index (κ1) is 32.9. The summed E-state index contributed by atoms with van der Waals surface area (Å²) in [6.45, 7) is 0. The first-order chi connectivity index (χ1) is 28.2. The van der Waals surface area contributed by atoms with E-state index in [1.54, 1.807) is 6.07 Å². The number of fused-ring (bicyclic) bond motifs is 7. The molecular formula is C54H34FNO. The minimum Gasteiger partial charge on any atom is -0.456 e. The smallest absolute Gasteiger partial charge is 0.137 e. The summed E-state index contributed by atoms with van der Waals surface area (Å²) in [5, 5.41) is 9.26. The summed E-state index contributed by atoms with van der Waals surface area (Å²) in [5.41, 5.74) is 10.7. The molecule has 10 aromatic carbocycles. The summed E-state index contributed by atoms with van der Waals surface area (Å²) in [6, 6.07) is 71.2. The molecule has 0 amide bonds. The Labute approximate surface area is 329 Å². The van der Waals surface area contributed by atoms with Crippen LogP contribution in [0, 0.1) is 5.82 Å². The van der Waals surface area contributed by atoms with Crippen molar-refractivity contribution in [3.8, 4) is 33.4 Å². The van der Waals surface area contributed by atoms with Gasteiger partial charge in [-0.15, -0.1) is 0 Å². The number of furan rings is 1. The van der Waals surface area contributed by atoms with Gasteiger partial charge in [0.1, 0.15) is 17.0 Å². The predicted octanol–water partition coefficient (Wildman–Crippen LogP) is 15.7. The van der Waals surface area contributed by atoms with E-state index in [9.17, 15) is 0 Å². The molecule has 0 saturated carbocycles. The average Bonchev–Trinajstić information content (AvgIpc) is 3.65. The van der Waals surface area contributed by atoms with Gasteiger partial charge in [-0.05, 0) is 115 Å². The molecule has 268 valence electrons. The normalized spacial score (nSPS) is 11.6. The van der Waals surface area contributed by atoms with E-state index in [-0.39, 0.29) is 5.82 Å². The maximum absolute atomic E-state index is 15.2. The standard InChI is InChI=1S/C54H34FNO/c55-51-21-7-5-17-46(51)49-20-10-13-37-12-9-19-43(54(37)49)35-23-27-39(28-24-35)56(41-31-32-48-47-18-6-8-22-52(47)57-53(48)34-41)40-29-25-36(26-30-40)50-33-38-11-1-2-14-42(38)44-15-3-4-16-45(44)50/h1-34H. The molecule has 0 spiro atoms. The number of benzene rings is 10. The lowest BCUT2D eigenvalue weighted by Crippen LogP contribution is -2.09. The largest absolute Gasteiger partial charge is 0.456 e. The molecule has 0 atom stereocenters. The molecule has 0 aliphatic heterocycles. The quantitative estimate of drug-likeness (QED) is 0.158. The monoisotopic (exact) mass is 731 g/mol. The van der Waals surface area contributed by atoms with Gasteiger partial charge in [-0.1, -0.05) is 146 Å². The van der Waals surface area contributed by atoms with Crippen LogP contribution < -0.4 is 4.90 Å². The van der Waals surface area contributed by atoms with E-state index in [1.807, 2.05) is 36.4 Å². The summed E-state index contributed by atoms with van der Waals surface area (Å²) in [4.78, 5) is 2.28. The molecule has 11 rings (SSSR count). The first-order valence-corrected chi connectivity index (χ1v) is 19.3. The van der Waals surface area contributed by atoms with E-state index in [2.05, 4.69) is 163 Å². The molecule has 0 saturated heterocycles. The molecule has 0 aliphatic rings. The molecule has 0 aliphatic carbocycles. The molecule has 0 bridgehead atoms. The van der Waals surface area contributed by atoms with Crippen LogP contribution in [0.3, 0.4) is 0 Å². The second kappa shape index (κ2) is 13.4. The number of rotatable bonds is 6. The highest BCUT2D eigenvalue weighted by atomic mass is 19.1. The molecule has 0 N–H and O–H groups in total. The van der Waals surface area contributed by atoms with Gasteiger partial charge >= 0.3 is 0 Å². The maximum atomic E-state index is 15.2. The second-order valence-electron chi connectivity index (χ2n) is 14.6. The third-order valence-corrected chi connectivity index (χ3v) is 11.3. The number of para-hydroxylation sites is 1. The molecule has 2 nitrogen and oxygen atoms in total. The lowest BCUT2D eigenvalue weighted by molar-refractivity contribution is 0.631. The summed E-state index contributed by atoms with van der Waals surface area (Å²) in [5.74, 6) is -0.230. The fourth-order valence-electron chi connectivity index (χ4n) is 8.66. The Hall–Kier alpha value is -7.49. The Morgan fingerprint density at radius 1 is 0.333 bits per heavy atom. The Morgan fingerprint density at radius 2 is 0.877 bits per heavy atom. The number of halogens is 1. The van der Waals surface area contributed by atoms with Gasteiger partial charge in [0.2, 0.25) is 0 Å². The SMILES string of the molecule is Fc1ccccc1-c1cccc2cccc(-c3ccc(N(c4ccc(-c5cc6ccccc6c6ccccc56)cc4)c4ccc5c(c4)oc4ccccc45)cc3)c12. The van der Waals surface area contributed by atoms with Crippen molar-refractivity contribution in [2.75, 3.05) is 4.90 Å². The number of anilines is 3. The highest BCUT2D eigenvalue weighted by molar-refractivity contribution is 6.14. The van der Waals surface area contributed by atoms with Crippen LogP contribution in [-0.2, 0) is 0 Å². The first-order valence-electron chi connectivity index (χ1n) is 19.3. The number of hydrogen-bond acceptors (Lipinski definition) is 2. The summed E-state index contributed by atoms with van der Waals surface area (Å²) in [6.07, 6.45) is 0. The minimum absolute atomic E-state index is 0.230. The van der Waals surface area contributed by atoms with Crippen LogP contribution in [0.5, 0.6) is 0 Å². The summed E-state index contributed by atoms with van der Waals surface area (Å²) < 4.78 is 21.6. The van der Waals surface area contributed by atoms with Crippen LogP contribution >= 0.6 is 0 Å². The van der Waals surface area contributed by atoms with Crippen molar-refractivity contribution >= 4 is 71.3 Å². The molecule has 57 heavy (non-hydrogen) atoms. The van der Waals surface area contributed by atoms with Crippen LogP contribution in [0.2, 0.25) is 0 Å². The highest BCUT2D eigenvalue weighted by Crippen LogP contribution is 2.43. The third kappa shape index (κ3) is 5.55. The lowest BCUT2D eigenvalue weighted by Gasteiger charge is -2.26. The second-order valence-corrected chi connectivity index (χ2v) is 14.6. The van der Waals surface area contributed by atoms with Gasteiger partial charge < -0.3 is 9.32 Å². The van der Waals surface area contributed by atoms with Gasteiger partial charge in [-0.3, -0.25) is 0 Å². The van der Waals surface area contributed by atoms with Crippen molar-refractivity contribution in [3.63, 3.8) is 0 Å². The number of hydrogen-bond donors (Lipinski definition) is 0. The van der Waals surface area contributed by atoms with Crippen molar-refractivity contribution < 1.29 is 8.81 Å². The molecule has 1 aromatic heterocycles. The zero-order chi connectivity index (χ0) is 37.9. The zero-order valence-corrected chi connectivity index (χ0v) is 30.9. The Morgan fingerprint density at radius 3 is 1.63 bits per heavy atom. The van der Waals surface area contributed by atoms with Gasteiger partial charge in [-0.2, -0.15) is 0 Å². The summed E-state index contributed by atoms with van der Waals surface area (Å²) in [7, 11) is 0. The highest BCUT2D eigenvalue weighted by Gasteiger charge is 2.18. The van der Waals surface area contributed by atoms with Crippen LogP contribution in [-0.4, -0.2) is 0 Å². The Balaban J connectivity index is 1.05. The molecule has 1 heterocycles. The van der Waals surface area contributed by atoms with E-state index in [0.29, 0.717) is 5.56 Å². The van der Waals surface area contributed by atoms with Crippen LogP contribution in [0.1, 0.15) is 0 Å². The predicted molar refractivity (Wildman–Crippen MR) is 237 cm³/mol. The van der Waals surface area contributed by atoms with Crippen molar-refractivity contribution in [1.29, 1.82) is 0 Å². The minimum atomic E-state index is -0.230. The van der Waals surface area contributed by atoms with E-state index < -0.39 is 0 Å². The van der Waals surface area contributed by atoms with Crippen LogP contribution in [0.15, 0.2) is 211 Å². The molecule has 11 aromatic rings. The zero-order valence-electron chi connectivity index (χ0n) is 30.9. The Bertz CT molecular complexity index is 3300. The van der Waals surface area contributed by atoms with Crippen molar-refractivity contribution in [2.45, 2.75) is 0 Å². The van der Waals surface area contributed by atoms with E-state index in [4.69, 9.17) is 4.42 Å². The van der Waals surface area contributed by atoms with Gasteiger partial charge in [0.25, 0.3) is 0 Å². The van der Waals surface area contributed by atoms with Crippen molar-refractivity contribution in [2.24, 2.45) is 0 Å². The molecule has 0 fully saturated rings.